The number of benzene rings is 1. The molecule has 1 aliphatic carbocycles. The molecule has 21 heavy (non-hydrogen) atoms. The molecule has 0 amide bonds. The average molecular weight is 318 g/mol. The molecule has 0 radical (unpaired) electrons. The summed E-state index contributed by atoms with van der Waals surface area (Å²) in [6.07, 6.45) is 2.48. The molecule has 0 atom stereocenters. The minimum atomic E-state index is -4.00. The van der Waals surface area contributed by atoms with Gasteiger partial charge < -0.3 is 15.2 Å². The van der Waals surface area contributed by atoms with E-state index in [-0.39, 0.29) is 18.0 Å². The van der Waals surface area contributed by atoms with Gasteiger partial charge in [0.05, 0.1) is 14.2 Å². The molecule has 0 heterocycles. The van der Waals surface area contributed by atoms with Crippen molar-refractivity contribution in [2.75, 3.05) is 20.8 Å². The second-order valence-electron chi connectivity index (χ2n) is 5.18. The molecule has 1 fully saturated rings. The summed E-state index contributed by atoms with van der Waals surface area (Å²) in [6, 6.07) is 2.08. The topological polar surface area (TPSA) is 90.7 Å². The van der Waals surface area contributed by atoms with Crippen LogP contribution in [-0.2, 0) is 10.0 Å². The van der Waals surface area contributed by atoms with Crippen LogP contribution in [0.5, 0.6) is 11.5 Å². The molecular formula is C13H19FN2O4S. The van der Waals surface area contributed by atoms with Crippen LogP contribution < -0.4 is 19.9 Å². The molecule has 0 spiro atoms. The Hall–Kier alpha value is -1.38. The molecule has 1 aromatic rings. The molecule has 1 saturated carbocycles. The Morgan fingerprint density at radius 1 is 1.29 bits per heavy atom. The van der Waals surface area contributed by atoms with E-state index in [9.17, 15) is 12.8 Å². The van der Waals surface area contributed by atoms with Gasteiger partial charge in [0.1, 0.15) is 10.7 Å². The zero-order valence-electron chi connectivity index (χ0n) is 12.0. The van der Waals surface area contributed by atoms with Gasteiger partial charge in [0, 0.05) is 24.2 Å². The first kappa shape index (κ1) is 16.0. The number of halogens is 1. The van der Waals surface area contributed by atoms with E-state index in [0.717, 1.165) is 31.4 Å². The number of sulfonamides is 1. The van der Waals surface area contributed by atoms with Crippen LogP contribution in [0.4, 0.5) is 4.39 Å². The van der Waals surface area contributed by atoms with E-state index in [1.54, 1.807) is 0 Å². The number of nitrogens with two attached hydrogens (primary N) is 1. The third-order valence-electron chi connectivity index (χ3n) is 3.69. The minimum Gasteiger partial charge on any atom is -0.493 e. The summed E-state index contributed by atoms with van der Waals surface area (Å²) in [6.45, 7) is 0.0864. The van der Waals surface area contributed by atoms with Crippen molar-refractivity contribution >= 4 is 10.0 Å². The molecule has 118 valence electrons. The Kier molecular flexibility index (Phi) is 4.40. The maximum Gasteiger partial charge on any atom is 0.243 e. The quantitative estimate of drug-likeness (QED) is 0.816. The van der Waals surface area contributed by atoms with Gasteiger partial charge in [-0.3, -0.25) is 0 Å². The Bertz CT molecular complexity index is 629. The van der Waals surface area contributed by atoms with E-state index in [0.29, 0.717) is 0 Å². The van der Waals surface area contributed by atoms with Gasteiger partial charge in [-0.1, -0.05) is 0 Å². The average Bonchev–Trinajstić information content (AvgIpc) is 2.42. The van der Waals surface area contributed by atoms with Gasteiger partial charge in [-0.2, -0.15) is 0 Å². The summed E-state index contributed by atoms with van der Waals surface area (Å²) in [4.78, 5) is -0.483. The number of nitrogens with one attached hydrogen (secondary N) is 1. The normalized spacial score (nSPS) is 17.1. The van der Waals surface area contributed by atoms with Crippen LogP contribution in [0.15, 0.2) is 17.0 Å². The van der Waals surface area contributed by atoms with Crippen LogP contribution in [0.3, 0.4) is 0 Å². The Balaban J connectivity index is 2.26. The second-order valence-corrected chi connectivity index (χ2v) is 6.91. The van der Waals surface area contributed by atoms with Crippen molar-refractivity contribution < 1.29 is 22.3 Å². The molecule has 6 nitrogen and oxygen atoms in total. The lowest BCUT2D eigenvalue weighted by Crippen LogP contribution is -2.54. The maximum absolute atomic E-state index is 14.0. The van der Waals surface area contributed by atoms with E-state index in [1.807, 2.05) is 0 Å². The highest BCUT2D eigenvalue weighted by molar-refractivity contribution is 7.89. The van der Waals surface area contributed by atoms with Crippen LogP contribution in [-0.4, -0.2) is 34.7 Å². The van der Waals surface area contributed by atoms with Crippen LogP contribution in [0.2, 0.25) is 0 Å². The predicted molar refractivity (Wildman–Crippen MR) is 75.5 cm³/mol. The molecule has 8 heteroatoms. The molecule has 3 N–H and O–H groups in total. The highest BCUT2D eigenvalue weighted by Gasteiger charge is 2.34. The van der Waals surface area contributed by atoms with Gasteiger partial charge in [0.25, 0.3) is 0 Å². The highest BCUT2D eigenvalue weighted by atomic mass is 32.2. The van der Waals surface area contributed by atoms with Crippen LogP contribution in [0.1, 0.15) is 19.3 Å². The van der Waals surface area contributed by atoms with E-state index in [4.69, 9.17) is 15.2 Å². The third kappa shape index (κ3) is 3.28. The SMILES string of the molecule is COc1cc(F)c(S(=O)(=O)NCC2(N)CCC2)cc1OC. The number of ether oxygens (including phenoxy) is 2. The lowest BCUT2D eigenvalue weighted by atomic mass is 9.78. The van der Waals surface area contributed by atoms with Crippen molar-refractivity contribution in [3.05, 3.63) is 17.9 Å². The Labute approximate surface area is 123 Å². The standard InChI is InChI=1S/C13H19FN2O4S/c1-19-10-6-9(14)12(7-11(10)20-2)21(17,18)16-8-13(15)4-3-5-13/h6-7,16H,3-5,8,15H2,1-2H3. The van der Waals surface area contributed by atoms with E-state index in [1.165, 1.54) is 14.2 Å². The maximum atomic E-state index is 14.0. The summed E-state index contributed by atoms with van der Waals surface area (Å²) < 4.78 is 50.7. The molecular weight excluding hydrogens is 299 g/mol. The van der Waals surface area contributed by atoms with Crippen molar-refractivity contribution in [3.8, 4) is 11.5 Å². The molecule has 0 aliphatic heterocycles. The number of hydrogen-bond donors (Lipinski definition) is 2. The van der Waals surface area contributed by atoms with Gasteiger partial charge in [0.15, 0.2) is 11.5 Å². The second kappa shape index (κ2) is 5.78. The van der Waals surface area contributed by atoms with Crippen LogP contribution >= 0.6 is 0 Å². The fraction of sp³-hybridized carbons (Fsp3) is 0.538. The lowest BCUT2D eigenvalue weighted by molar-refractivity contribution is 0.251. The van der Waals surface area contributed by atoms with Gasteiger partial charge in [0.2, 0.25) is 10.0 Å². The van der Waals surface area contributed by atoms with Crippen molar-refractivity contribution in [2.24, 2.45) is 5.73 Å². The first-order valence-electron chi connectivity index (χ1n) is 6.51. The molecule has 0 aromatic heterocycles. The Morgan fingerprint density at radius 2 is 1.86 bits per heavy atom. The Morgan fingerprint density at radius 3 is 2.33 bits per heavy atom. The third-order valence-corrected chi connectivity index (χ3v) is 5.11. The summed E-state index contributed by atoms with van der Waals surface area (Å²) in [5.74, 6) is -0.631. The predicted octanol–water partition coefficient (Wildman–Crippen LogP) is 1.00. The summed E-state index contributed by atoms with van der Waals surface area (Å²) in [5, 5.41) is 0. The smallest absolute Gasteiger partial charge is 0.243 e. The highest BCUT2D eigenvalue weighted by Crippen LogP contribution is 2.32. The molecule has 1 aliphatic rings. The van der Waals surface area contributed by atoms with Crippen molar-refractivity contribution in [3.63, 3.8) is 0 Å². The number of hydrogen-bond acceptors (Lipinski definition) is 5. The van der Waals surface area contributed by atoms with Crippen LogP contribution in [0, 0.1) is 5.82 Å². The van der Waals surface area contributed by atoms with Gasteiger partial charge in [-0.25, -0.2) is 17.5 Å². The first-order valence-corrected chi connectivity index (χ1v) is 8.00. The van der Waals surface area contributed by atoms with E-state index < -0.39 is 26.3 Å². The van der Waals surface area contributed by atoms with E-state index in [2.05, 4.69) is 4.72 Å². The first-order chi connectivity index (χ1) is 9.81. The summed E-state index contributed by atoms with van der Waals surface area (Å²) in [7, 11) is -1.30. The van der Waals surface area contributed by atoms with E-state index >= 15 is 0 Å². The van der Waals surface area contributed by atoms with Crippen LogP contribution in [0.25, 0.3) is 0 Å². The molecule has 0 bridgehead atoms. The zero-order chi connectivity index (χ0) is 15.7. The molecule has 0 unspecified atom stereocenters. The monoisotopic (exact) mass is 318 g/mol. The largest absolute Gasteiger partial charge is 0.493 e. The molecule has 0 saturated heterocycles. The summed E-state index contributed by atoms with van der Waals surface area (Å²) in [5.41, 5.74) is 5.43. The number of methoxy groups -OCH3 is 2. The van der Waals surface area contributed by atoms with Gasteiger partial charge in [-0.15, -0.1) is 0 Å². The van der Waals surface area contributed by atoms with Gasteiger partial charge in [-0.05, 0) is 19.3 Å². The molecule has 2 rings (SSSR count). The van der Waals surface area contributed by atoms with Crippen molar-refractivity contribution in [1.82, 2.24) is 4.72 Å². The van der Waals surface area contributed by atoms with Crippen molar-refractivity contribution in [1.29, 1.82) is 0 Å². The van der Waals surface area contributed by atoms with Crippen molar-refractivity contribution in [2.45, 2.75) is 29.7 Å². The summed E-state index contributed by atoms with van der Waals surface area (Å²) >= 11 is 0. The lowest BCUT2D eigenvalue weighted by Gasteiger charge is -2.38. The fourth-order valence-corrected chi connectivity index (χ4v) is 3.38. The number of rotatable bonds is 6. The minimum absolute atomic E-state index is 0.0864. The van der Waals surface area contributed by atoms with Gasteiger partial charge >= 0.3 is 0 Å². The fourth-order valence-electron chi connectivity index (χ4n) is 2.17. The molecule has 1 aromatic carbocycles. The zero-order valence-corrected chi connectivity index (χ0v) is 12.8.